The quantitative estimate of drug-likeness (QED) is 0.361. The molecule has 1 saturated heterocycles. The number of halogens is 1. The molecule has 4 rings (SSSR count). The minimum Gasteiger partial charge on any atom is -0.497 e. The summed E-state index contributed by atoms with van der Waals surface area (Å²) >= 11 is 1.32. The fraction of sp³-hybridized carbons (Fsp3) is 0.185. The topological polar surface area (TPSA) is 60.4 Å². The van der Waals surface area contributed by atoms with Gasteiger partial charge in [0.15, 0.2) is 5.17 Å². The number of carbonyl (C=O) groups is 1. The van der Waals surface area contributed by atoms with Crippen LogP contribution in [0.2, 0.25) is 0 Å². The van der Waals surface area contributed by atoms with Crippen LogP contribution in [0.3, 0.4) is 0 Å². The van der Waals surface area contributed by atoms with E-state index in [1.165, 1.54) is 23.9 Å². The summed E-state index contributed by atoms with van der Waals surface area (Å²) in [6.45, 7) is 1.08. The summed E-state index contributed by atoms with van der Waals surface area (Å²) in [5.41, 5.74) is 2.34. The third-order valence-electron chi connectivity index (χ3n) is 5.18. The Bertz CT molecular complexity index is 1230. The van der Waals surface area contributed by atoms with Gasteiger partial charge in [0, 0.05) is 7.11 Å². The Morgan fingerprint density at radius 3 is 2.43 bits per heavy atom. The van der Waals surface area contributed by atoms with Gasteiger partial charge in [-0.05, 0) is 77.5 Å². The van der Waals surface area contributed by atoms with Crippen molar-refractivity contribution in [2.75, 3.05) is 27.4 Å². The van der Waals surface area contributed by atoms with Crippen molar-refractivity contribution in [3.63, 3.8) is 0 Å². The molecule has 8 heteroatoms. The van der Waals surface area contributed by atoms with Gasteiger partial charge < -0.3 is 14.2 Å². The maximum absolute atomic E-state index is 13.3. The predicted octanol–water partition coefficient (Wildman–Crippen LogP) is 5.66. The summed E-state index contributed by atoms with van der Waals surface area (Å²) in [5.74, 6) is 0.988. The zero-order chi connectivity index (χ0) is 24.6. The summed E-state index contributed by atoms with van der Waals surface area (Å²) < 4.78 is 29.5. The Morgan fingerprint density at radius 1 is 1.00 bits per heavy atom. The summed E-state index contributed by atoms with van der Waals surface area (Å²) in [5, 5.41) is 0.596. The number of methoxy groups -OCH3 is 2. The van der Waals surface area contributed by atoms with Crippen LogP contribution in [0.1, 0.15) is 11.1 Å². The number of hydrogen-bond acceptors (Lipinski definition) is 6. The highest BCUT2D eigenvalue weighted by atomic mass is 32.2. The lowest BCUT2D eigenvalue weighted by atomic mass is 10.2. The fourth-order valence-electron chi connectivity index (χ4n) is 3.34. The molecule has 6 nitrogen and oxygen atoms in total. The first-order chi connectivity index (χ1) is 17.1. The highest BCUT2D eigenvalue weighted by molar-refractivity contribution is 8.18. The smallest absolute Gasteiger partial charge is 0.266 e. The van der Waals surface area contributed by atoms with E-state index >= 15 is 0 Å². The molecular weight excluding hydrogens is 467 g/mol. The molecule has 1 heterocycles. The lowest BCUT2D eigenvalue weighted by Gasteiger charge is -2.14. The van der Waals surface area contributed by atoms with Gasteiger partial charge in [-0.1, -0.05) is 24.3 Å². The minimum atomic E-state index is -0.291. The molecule has 1 amide bonds. The SMILES string of the molecule is COCCN1C(=O)/C(=C/c2ccc(OCc3cccc(F)c3)cc2)SC1=Nc1ccc(OC)cc1. The van der Waals surface area contributed by atoms with Crippen molar-refractivity contribution in [2.24, 2.45) is 4.99 Å². The summed E-state index contributed by atoms with van der Waals surface area (Å²) in [4.78, 5) is 20.0. The third-order valence-corrected chi connectivity index (χ3v) is 6.18. The van der Waals surface area contributed by atoms with E-state index in [1.807, 2.05) is 60.7 Å². The molecule has 0 aliphatic carbocycles. The summed E-state index contributed by atoms with van der Waals surface area (Å²) in [6.07, 6.45) is 1.83. The van der Waals surface area contributed by atoms with Crippen LogP contribution >= 0.6 is 11.8 Å². The Morgan fingerprint density at radius 2 is 1.74 bits per heavy atom. The first-order valence-electron chi connectivity index (χ1n) is 11.0. The Hall–Kier alpha value is -3.62. The molecule has 0 bridgehead atoms. The molecule has 35 heavy (non-hydrogen) atoms. The van der Waals surface area contributed by atoms with Crippen molar-refractivity contribution >= 4 is 34.6 Å². The second-order valence-electron chi connectivity index (χ2n) is 7.64. The molecule has 1 fully saturated rings. The van der Waals surface area contributed by atoms with E-state index in [2.05, 4.69) is 4.99 Å². The van der Waals surface area contributed by atoms with Gasteiger partial charge in [0.2, 0.25) is 0 Å². The third kappa shape index (κ3) is 6.49. The maximum atomic E-state index is 13.3. The number of hydrogen-bond donors (Lipinski definition) is 0. The first-order valence-corrected chi connectivity index (χ1v) is 11.8. The van der Waals surface area contributed by atoms with E-state index in [0.717, 1.165) is 22.6 Å². The van der Waals surface area contributed by atoms with Gasteiger partial charge in [-0.3, -0.25) is 9.69 Å². The number of benzene rings is 3. The van der Waals surface area contributed by atoms with Crippen LogP contribution < -0.4 is 9.47 Å². The Labute approximate surface area is 208 Å². The minimum absolute atomic E-state index is 0.120. The lowest BCUT2D eigenvalue weighted by molar-refractivity contribution is -0.122. The van der Waals surface area contributed by atoms with Crippen LogP contribution in [0.5, 0.6) is 11.5 Å². The standard InChI is InChI=1S/C27H25FN2O4S/c1-32-15-14-30-26(31)25(35-27(30)29-22-8-12-23(33-2)13-9-22)17-19-6-10-24(11-7-19)34-18-20-4-3-5-21(28)16-20/h3-13,16-17H,14-15,18H2,1-2H3/b25-17-,29-27?. The molecule has 0 N–H and O–H groups in total. The monoisotopic (exact) mass is 492 g/mol. The summed E-state index contributed by atoms with van der Waals surface area (Å²) in [7, 11) is 3.21. The molecule has 0 atom stereocenters. The number of rotatable bonds is 9. The Kier molecular flexibility index (Phi) is 8.18. The summed E-state index contributed by atoms with van der Waals surface area (Å²) in [6, 6.07) is 21.1. The van der Waals surface area contributed by atoms with Crippen LogP contribution in [-0.2, 0) is 16.1 Å². The van der Waals surface area contributed by atoms with Crippen molar-refractivity contribution in [2.45, 2.75) is 6.61 Å². The molecule has 0 aromatic heterocycles. The van der Waals surface area contributed by atoms with E-state index in [4.69, 9.17) is 14.2 Å². The van der Waals surface area contributed by atoms with Gasteiger partial charge in [0.25, 0.3) is 5.91 Å². The van der Waals surface area contributed by atoms with Crippen LogP contribution in [0.25, 0.3) is 6.08 Å². The molecule has 0 saturated carbocycles. The van der Waals surface area contributed by atoms with Gasteiger partial charge in [-0.25, -0.2) is 9.38 Å². The molecule has 1 aliphatic heterocycles. The van der Waals surface area contributed by atoms with Crippen molar-refractivity contribution in [3.05, 3.63) is 94.6 Å². The number of nitrogens with zero attached hydrogens (tertiary/aromatic N) is 2. The molecule has 0 spiro atoms. The Balaban J connectivity index is 1.48. The fourth-order valence-corrected chi connectivity index (χ4v) is 4.37. The van der Waals surface area contributed by atoms with Gasteiger partial charge in [-0.15, -0.1) is 0 Å². The molecule has 3 aromatic carbocycles. The molecule has 1 aliphatic rings. The van der Waals surface area contributed by atoms with Gasteiger partial charge in [0.1, 0.15) is 23.9 Å². The van der Waals surface area contributed by atoms with Crippen LogP contribution in [0.4, 0.5) is 10.1 Å². The number of carbonyl (C=O) groups excluding carboxylic acids is 1. The normalized spacial score (nSPS) is 15.7. The largest absolute Gasteiger partial charge is 0.497 e. The first kappa shape index (κ1) is 24.5. The zero-order valence-corrected chi connectivity index (χ0v) is 20.3. The van der Waals surface area contributed by atoms with Gasteiger partial charge in [0.05, 0.1) is 30.9 Å². The van der Waals surface area contributed by atoms with Crippen molar-refractivity contribution < 1.29 is 23.4 Å². The second-order valence-corrected chi connectivity index (χ2v) is 8.65. The highest BCUT2D eigenvalue weighted by Gasteiger charge is 2.33. The van der Waals surface area contributed by atoms with Gasteiger partial charge in [-0.2, -0.15) is 0 Å². The lowest BCUT2D eigenvalue weighted by Crippen LogP contribution is -2.32. The second kappa shape index (κ2) is 11.7. The molecule has 0 radical (unpaired) electrons. The average Bonchev–Trinajstić information content (AvgIpc) is 3.16. The molecular formula is C27H25FN2O4S. The van der Waals surface area contributed by atoms with Crippen LogP contribution in [0, 0.1) is 5.82 Å². The molecule has 3 aromatic rings. The highest BCUT2D eigenvalue weighted by Crippen LogP contribution is 2.34. The van der Waals surface area contributed by atoms with Gasteiger partial charge >= 0.3 is 0 Å². The predicted molar refractivity (Wildman–Crippen MR) is 136 cm³/mol. The number of ether oxygens (including phenoxy) is 3. The van der Waals surface area contributed by atoms with Crippen LogP contribution in [-0.4, -0.2) is 43.3 Å². The number of aliphatic imine (C=N–C) groups is 1. The zero-order valence-electron chi connectivity index (χ0n) is 19.4. The van der Waals surface area contributed by atoms with Crippen molar-refractivity contribution in [3.8, 4) is 11.5 Å². The van der Waals surface area contributed by atoms with Crippen molar-refractivity contribution in [1.29, 1.82) is 0 Å². The molecule has 0 unspecified atom stereocenters. The van der Waals surface area contributed by atoms with E-state index < -0.39 is 0 Å². The number of thioether (sulfide) groups is 1. The van der Waals surface area contributed by atoms with E-state index in [9.17, 15) is 9.18 Å². The van der Waals surface area contributed by atoms with E-state index in [-0.39, 0.29) is 18.3 Å². The number of amidine groups is 1. The maximum Gasteiger partial charge on any atom is 0.266 e. The van der Waals surface area contributed by atoms with Crippen molar-refractivity contribution in [1.82, 2.24) is 4.90 Å². The van der Waals surface area contributed by atoms with Crippen LogP contribution in [0.15, 0.2) is 82.7 Å². The van der Waals surface area contributed by atoms with E-state index in [1.54, 1.807) is 25.2 Å². The number of amides is 1. The average molecular weight is 493 g/mol. The molecule has 180 valence electrons. The van der Waals surface area contributed by atoms with E-state index in [0.29, 0.717) is 29.0 Å².